The highest BCUT2D eigenvalue weighted by atomic mass is 16.6. The Hall–Kier alpha value is -4.85. The van der Waals surface area contributed by atoms with Gasteiger partial charge in [-0.1, -0.05) is 56.7 Å². The van der Waals surface area contributed by atoms with Gasteiger partial charge in [0.25, 0.3) is 0 Å². The number of unbranched alkanes of at least 4 members (excludes halogenated alkanes) is 7. The second-order valence-electron chi connectivity index (χ2n) is 11.8. The van der Waals surface area contributed by atoms with Crippen LogP contribution in [0.1, 0.15) is 81.0 Å². The standard InChI is InChI=1S/C40H46O8/c1-3-38(41)46-28-12-8-7-11-27-44-34-20-14-31(15-21-34)32-16-24-36(25-17-32)47-40(43)33-18-22-35(23-19-33)45-26-10-6-4-5-9-13-37-29-30(2)39(42)48-37/h3,14-25,37H,1-2,4-13,26-29H2. The van der Waals surface area contributed by atoms with Gasteiger partial charge in [-0.2, -0.15) is 0 Å². The van der Waals surface area contributed by atoms with E-state index in [0.29, 0.717) is 43.1 Å². The largest absolute Gasteiger partial charge is 0.494 e. The van der Waals surface area contributed by atoms with Crippen LogP contribution in [0.25, 0.3) is 11.1 Å². The van der Waals surface area contributed by atoms with Crippen molar-refractivity contribution in [1.29, 1.82) is 0 Å². The summed E-state index contributed by atoms with van der Waals surface area (Å²) in [6, 6.07) is 22.3. The molecular formula is C40H46O8. The average Bonchev–Trinajstić information content (AvgIpc) is 3.43. The van der Waals surface area contributed by atoms with Gasteiger partial charge < -0.3 is 23.7 Å². The lowest BCUT2D eigenvalue weighted by atomic mass is 10.1. The summed E-state index contributed by atoms with van der Waals surface area (Å²) in [4.78, 5) is 35.1. The van der Waals surface area contributed by atoms with Gasteiger partial charge in [-0.3, -0.25) is 0 Å². The highest BCUT2D eigenvalue weighted by molar-refractivity contribution is 5.91. The summed E-state index contributed by atoms with van der Waals surface area (Å²) in [7, 11) is 0. The van der Waals surface area contributed by atoms with Crippen molar-refractivity contribution >= 4 is 17.9 Å². The van der Waals surface area contributed by atoms with Crippen LogP contribution in [-0.4, -0.2) is 43.8 Å². The zero-order valence-electron chi connectivity index (χ0n) is 27.7. The monoisotopic (exact) mass is 654 g/mol. The number of benzene rings is 3. The van der Waals surface area contributed by atoms with Gasteiger partial charge in [-0.25, -0.2) is 14.4 Å². The van der Waals surface area contributed by atoms with Crippen LogP contribution in [0.4, 0.5) is 0 Å². The summed E-state index contributed by atoms with van der Waals surface area (Å²) < 4.78 is 27.5. The van der Waals surface area contributed by atoms with Crippen molar-refractivity contribution in [2.24, 2.45) is 0 Å². The first kappa shape index (κ1) is 36.0. The Labute approximate surface area is 283 Å². The molecule has 3 aromatic carbocycles. The number of esters is 3. The van der Waals surface area contributed by atoms with Crippen molar-refractivity contribution in [3.05, 3.63) is 103 Å². The quantitative estimate of drug-likeness (QED) is 0.0487. The van der Waals surface area contributed by atoms with Crippen molar-refractivity contribution in [2.75, 3.05) is 19.8 Å². The summed E-state index contributed by atoms with van der Waals surface area (Å²) in [6.07, 6.45) is 11.8. The number of rotatable bonds is 21. The van der Waals surface area contributed by atoms with Crippen LogP contribution < -0.4 is 14.2 Å². The molecule has 0 aliphatic carbocycles. The van der Waals surface area contributed by atoms with E-state index in [1.807, 2.05) is 36.4 Å². The first-order valence-corrected chi connectivity index (χ1v) is 16.9. The van der Waals surface area contributed by atoms with Crippen molar-refractivity contribution in [3.8, 4) is 28.4 Å². The molecule has 1 aliphatic heterocycles. The number of hydrogen-bond donors (Lipinski definition) is 0. The molecule has 1 atom stereocenters. The average molecular weight is 655 g/mol. The Morgan fingerprint density at radius 2 is 1.19 bits per heavy atom. The van der Waals surface area contributed by atoms with Crippen LogP contribution in [0.15, 0.2) is 97.6 Å². The van der Waals surface area contributed by atoms with E-state index in [0.717, 1.165) is 86.8 Å². The second-order valence-corrected chi connectivity index (χ2v) is 11.8. The molecule has 254 valence electrons. The minimum atomic E-state index is -0.427. The Bertz CT molecular complexity index is 1460. The van der Waals surface area contributed by atoms with E-state index >= 15 is 0 Å². The van der Waals surface area contributed by atoms with Gasteiger partial charge in [0.2, 0.25) is 0 Å². The smallest absolute Gasteiger partial charge is 0.343 e. The Morgan fingerprint density at radius 1 is 0.688 bits per heavy atom. The van der Waals surface area contributed by atoms with Gasteiger partial charge in [0.1, 0.15) is 23.4 Å². The highest BCUT2D eigenvalue weighted by Gasteiger charge is 2.26. The minimum absolute atomic E-state index is 0.00771. The van der Waals surface area contributed by atoms with E-state index in [4.69, 9.17) is 23.7 Å². The van der Waals surface area contributed by atoms with Crippen molar-refractivity contribution < 1.29 is 38.1 Å². The Morgan fingerprint density at radius 3 is 1.73 bits per heavy atom. The molecule has 8 nitrogen and oxygen atoms in total. The maximum absolute atomic E-state index is 12.7. The van der Waals surface area contributed by atoms with Crippen LogP contribution in [0.5, 0.6) is 17.2 Å². The molecule has 1 fully saturated rings. The van der Waals surface area contributed by atoms with E-state index in [-0.39, 0.29) is 18.0 Å². The summed E-state index contributed by atoms with van der Waals surface area (Å²) in [5.74, 6) is 0.945. The Balaban J connectivity index is 1.08. The summed E-state index contributed by atoms with van der Waals surface area (Å²) in [6.45, 7) is 8.77. The third-order valence-corrected chi connectivity index (χ3v) is 8.04. The lowest BCUT2D eigenvalue weighted by Gasteiger charge is -2.09. The van der Waals surface area contributed by atoms with Crippen LogP contribution in [0, 0.1) is 0 Å². The number of ether oxygens (including phenoxy) is 5. The lowest BCUT2D eigenvalue weighted by Crippen LogP contribution is -2.08. The Kier molecular flexibility index (Phi) is 14.8. The fourth-order valence-electron chi connectivity index (χ4n) is 5.28. The second kappa shape index (κ2) is 19.7. The van der Waals surface area contributed by atoms with Crippen LogP contribution in [0.3, 0.4) is 0 Å². The zero-order valence-corrected chi connectivity index (χ0v) is 27.7. The molecule has 0 spiro atoms. The molecule has 0 bridgehead atoms. The molecular weight excluding hydrogens is 608 g/mol. The van der Waals surface area contributed by atoms with Gasteiger partial charge in [0.15, 0.2) is 0 Å². The first-order valence-electron chi connectivity index (χ1n) is 16.9. The fraction of sp³-hybridized carbons (Fsp3) is 0.375. The van der Waals surface area contributed by atoms with E-state index in [1.54, 1.807) is 36.4 Å². The topological polar surface area (TPSA) is 97.4 Å². The maximum atomic E-state index is 12.7. The van der Waals surface area contributed by atoms with Crippen LogP contribution >= 0.6 is 0 Å². The molecule has 0 saturated carbocycles. The normalized spacial score (nSPS) is 13.9. The molecule has 8 heteroatoms. The first-order chi connectivity index (χ1) is 23.4. The molecule has 1 saturated heterocycles. The third kappa shape index (κ3) is 12.4. The van der Waals surface area contributed by atoms with Gasteiger partial charge in [0, 0.05) is 18.1 Å². The molecule has 4 rings (SSSR count). The number of carbonyl (C=O) groups is 3. The van der Waals surface area contributed by atoms with Crippen LogP contribution in [-0.2, 0) is 19.1 Å². The number of hydrogen-bond acceptors (Lipinski definition) is 8. The molecule has 0 amide bonds. The minimum Gasteiger partial charge on any atom is -0.494 e. The third-order valence-electron chi connectivity index (χ3n) is 8.04. The SMILES string of the molecule is C=CC(=O)OCCCCCCOc1ccc(-c2ccc(OC(=O)c3ccc(OCCCCCCCC4CC(=C)C(=O)O4)cc3)cc2)cc1. The van der Waals surface area contributed by atoms with E-state index < -0.39 is 5.97 Å². The fourth-order valence-corrected chi connectivity index (χ4v) is 5.28. The van der Waals surface area contributed by atoms with E-state index in [2.05, 4.69) is 13.2 Å². The van der Waals surface area contributed by atoms with E-state index in [9.17, 15) is 14.4 Å². The molecule has 1 unspecified atom stereocenters. The predicted molar refractivity (Wildman–Crippen MR) is 185 cm³/mol. The molecule has 0 N–H and O–H groups in total. The summed E-state index contributed by atoms with van der Waals surface area (Å²) in [5, 5.41) is 0. The van der Waals surface area contributed by atoms with Crippen molar-refractivity contribution in [1.82, 2.24) is 0 Å². The maximum Gasteiger partial charge on any atom is 0.343 e. The molecule has 1 aliphatic rings. The zero-order chi connectivity index (χ0) is 34.0. The van der Waals surface area contributed by atoms with Gasteiger partial charge >= 0.3 is 17.9 Å². The summed E-state index contributed by atoms with van der Waals surface area (Å²) in [5.41, 5.74) is 3.07. The summed E-state index contributed by atoms with van der Waals surface area (Å²) >= 11 is 0. The lowest BCUT2D eigenvalue weighted by molar-refractivity contribution is -0.139. The van der Waals surface area contributed by atoms with Crippen LogP contribution in [0.2, 0.25) is 0 Å². The number of carbonyl (C=O) groups excluding carboxylic acids is 3. The molecule has 0 aromatic heterocycles. The highest BCUT2D eigenvalue weighted by Crippen LogP contribution is 2.26. The molecule has 1 heterocycles. The van der Waals surface area contributed by atoms with Gasteiger partial charge in [-0.15, -0.1) is 0 Å². The molecule has 3 aromatic rings. The molecule has 48 heavy (non-hydrogen) atoms. The van der Waals surface area contributed by atoms with Crippen molar-refractivity contribution in [2.45, 2.75) is 76.7 Å². The molecule has 0 radical (unpaired) electrons. The van der Waals surface area contributed by atoms with Crippen molar-refractivity contribution in [3.63, 3.8) is 0 Å². The predicted octanol–water partition coefficient (Wildman–Crippen LogP) is 8.83. The van der Waals surface area contributed by atoms with Gasteiger partial charge in [-0.05, 0) is 105 Å². The van der Waals surface area contributed by atoms with Gasteiger partial charge in [0.05, 0.1) is 25.4 Å². The number of cyclic esters (lactones) is 1. The van der Waals surface area contributed by atoms with E-state index in [1.165, 1.54) is 6.08 Å².